The van der Waals surface area contributed by atoms with E-state index in [9.17, 15) is 9.59 Å². The second-order valence-corrected chi connectivity index (χ2v) is 1.54. The van der Waals surface area contributed by atoms with Crippen LogP contribution >= 0.6 is 0 Å². The largest absolute Gasteiger partial charge is 0.352 e. The molecule has 0 heterocycles. The standard InChI is InChI=1S/C5H9N2O2/c1-2-4(3-8)7-5(6)9/h3-4H,1-2H2,(H3,6,7,9). The molecule has 0 rings (SSSR count). The van der Waals surface area contributed by atoms with Gasteiger partial charge in [-0.15, -0.1) is 0 Å². The van der Waals surface area contributed by atoms with Crippen LogP contribution in [0.25, 0.3) is 0 Å². The normalized spacial score (nSPS) is 12.1. The smallest absolute Gasteiger partial charge is 0.312 e. The number of hydrogen-bond donors (Lipinski definition) is 2. The molecule has 0 aromatic heterocycles. The number of nitrogens with one attached hydrogen (secondary N) is 1. The fraction of sp³-hybridized carbons (Fsp3) is 0.400. The molecule has 0 aliphatic carbocycles. The third-order valence-corrected chi connectivity index (χ3v) is 0.803. The van der Waals surface area contributed by atoms with Gasteiger partial charge in [-0.05, 0) is 6.42 Å². The van der Waals surface area contributed by atoms with Gasteiger partial charge in [-0.1, -0.05) is 6.92 Å². The van der Waals surface area contributed by atoms with E-state index in [1.165, 1.54) is 0 Å². The first kappa shape index (κ1) is 7.94. The van der Waals surface area contributed by atoms with E-state index < -0.39 is 12.1 Å². The Balaban J connectivity index is 3.55. The molecule has 1 radical (unpaired) electrons. The number of rotatable bonds is 3. The summed E-state index contributed by atoms with van der Waals surface area (Å²) in [6.45, 7) is 3.41. The molecule has 0 bridgehead atoms. The highest BCUT2D eigenvalue weighted by atomic mass is 16.2. The van der Waals surface area contributed by atoms with E-state index in [2.05, 4.69) is 12.2 Å². The summed E-state index contributed by atoms with van der Waals surface area (Å²) >= 11 is 0. The predicted molar refractivity (Wildman–Crippen MR) is 32.5 cm³/mol. The minimum Gasteiger partial charge on any atom is -0.352 e. The highest BCUT2D eigenvalue weighted by Crippen LogP contribution is 1.82. The van der Waals surface area contributed by atoms with Crippen molar-refractivity contribution in [3.05, 3.63) is 6.92 Å². The maximum absolute atomic E-state index is 10.1. The van der Waals surface area contributed by atoms with Gasteiger partial charge in [0.2, 0.25) is 0 Å². The molecule has 4 heteroatoms. The quantitative estimate of drug-likeness (QED) is 0.501. The Hall–Kier alpha value is -1.06. The van der Waals surface area contributed by atoms with Gasteiger partial charge in [0.25, 0.3) is 0 Å². The molecule has 9 heavy (non-hydrogen) atoms. The van der Waals surface area contributed by atoms with Crippen molar-refractivity contribution in [2.75, 3.05) is 0 Å². The third-order valence-electron chi connectivity index (χ3n) is 0.803. The molecule has 0 aliphatic rings. The summed E-state index contributed by atoms with van der Waals surface area (Å²) in [5.74, 6) is 0. The fourth-order valence-electron chi connectivity index (χ4n) is 0.357. The average Bonchev–Trinajstić information content (AvgIpc) is 1.82. The monoisotopic (exact) mass is 129 g/mol. The van der Waals surface area contributed by atoms with Crippen LogP contribution in [0.4, 0.5) is 4.79 Å². The van der Waals surface area contributed by atoms with E-state index in [4.69, 9.17) is 5.73 Å². The van der Waals surface area contributed by atoms with Crippen molar-refractivity contribution in [3.63, 3.8) is 0 Å². The van der Waals surface area contributed by atoms with E-state index in [1.807, 2.05) is 0 Å². The van der Waals surface area contributed by atoms with Crippen LogP contribution in [0.3, 0.4) is 0 Å². The molecule has 1 atom stereocenters. The maximum atomic E-state index is 10.1. The number of carbonyl (C=O) groups excluding carboxylic acids is 2. The number of aldehydes is 1. The van der Waals surface area contributed by atoms with Crippen molar-refractivity contribution in [1.82, 2.24) is 5.32 Å². The van der Waals surface area contributed by atoms with Gasteiger partial charge >= 0.3 is 6.03 Å². The molecule has 0 fully saturated rings. The van der Waals surface area contributed by atoms with Gasteiger partial charge in [0.15, 0.2) is 0 Å². The second kappa shape index (κ2) is 3.88. The summed E-state index contributed by atoms with van der Waals surface area (Å²) < 4.78 is 0. The lowest BCUT2D eigenvalue weighted by molar-refractivity contribution is -0.109. The molecule has 0 spiro atoms. The van der Waals surface area contributed by atoms with Gasteiger partial charge in [0, 0.05) is 0 Å². The first-order chi connectivity index (χ1) is 4.20. The Labute approximate surface area is 53.4 Å². The molecule has 2 amide bonds. The Morgan fingerprint density at radius 3 is 2.56 bits per heavy atom. The Kier molecular flexibility index (Phi) is 3.43. The van der Waals surface area contributed by atoms with Crippen molar-refractivity contribution in [3.8, 4) is 0 Å². The van der Waals surface area contributed by atoms with Crippen LogP contribution in [0.1, 0.15) is 6.42 Å². The third kappa shape index (κ3) is 3.52. The average molecular weight is 129 g/mol. The van der Waals surface area contributed by atoms with Gasteiger partial charge in [-0.2, -0.15) is 0 Å². The zero-order valence-electron chi connectivity index (χ0n) is 4.96. The van der Waals surface area contributed by atoms with Crippen molar-refractivity contribution < 1.29 is 9.59 Å². The van der Waals surface area contributed by atoms with E-state index >= 15 is 0 Å². The lowest BCUT2D eigenvalue weighted by Crippen LogP contribution is -2.39. The van der Waals surface area contributed by atoms with Crippen molar-refractivity contribution in [2.24, 2.45) is 5.73 Å². The Bertz CT molecular complexity index is 114. The van der Waals surface area contributed by atoms with Crippen LogP contribution in [0.5, 0.6) is 0 Å². The van der Waals surface area contributed by atoms with E-state index in [0.29, 0.717) is 12.7 Å². The van der Waals surface area contributed by atoms with Gasteiger partial charge in [-0.25, -0.2) is 4.79 Å². The molecule has 0 aromatic carbocycles. The van der Waals surface area contributed by atoms with E-state index in [1.54, 1.807) is 0 Å². The van der Waals surface area contributed by atoms with Crippen molar-refractivity contribution in [2.45, 2.75) is 12.5 Å². The molecule has 1 unspecified atom stereocenters. The van der Waals surface area contributed by atoms with Crippen LogP contribution in [0, 0.1) is 6.92 Å². The van der Waals surface area contributed by atoms with Crippen LogP contribution in [-0.2, 0) is 4.79 Å². The van der Waals surface area contributed by atoms with Crippen LogP contribution in [0.15, 0.2) is 0 Å². The maximum Gasteiger partial charge on any atom is 0.312 e. The zero-order chi connectivity index (χ0) is 7.28. The molecule has 0 aromatic rings. The molecular formula is C5H9N2O2. The number of hydrogen-bond acceptors (Lipinski definition) is 2. The summed E-state index contributed by atoms with van der Waals surface area (Å²) in [5, 5.41) is 2.19. The summed E-state index contributed by atoms with van der Waals surface area (Å²) in [7, 11) is 0. The second-order valence-electron chi connectivity index (χ2n) is 1.54. The topological polar surface area (TPSA) is 72.2 Å². The number of primary amides is 1. The van der Waals surface area contributed by atoms with Gasteiger partial charge in [0.1, 0.15) is 6.29 Å². The van der Waals surface area contributed by atoms with Crippen LogP contribution < -0.4 is 11.1 Å². The zero-order valence-corrected chi connectivity index (χ0v) is 4.96. The van der Waals surface area contributed by atoms with E-state index in [-0.39, 0.29) is 0 Å². The summed E-state index contributed by atoms with van der Waals surface area (Å²) in [6, 6.07) is -1.24. The van der Waals surface area contributed by atoms with Gasteiger partial charge in [0.05, 0.1) is 6.04 Å². The molecule has 0 saturated heterocycles. The number of nitrogens with two attached hydrogens (primary N) is 1. The molecule has 0 aliphatic heterocycles. The summed E-state index contributed by atoms with van der Waals surface area (Å²) in [4.78, 5) is 20.0. The first-order valence-electron chi connectivity index (χ1n) is 2.51. The van der Waals surface area contributed by atoms with Crippen LogP contribution in [0.2, 0.25) is 0 Å². The lowest BCUT2D eigenvalue weighted by Gasteiger charge is -2.05. The SMILES string of the molecule is [CH2]CC(C=O)NC(N)=O. The fourth-order valence-corrected chi connectivity index (χ4v) is 0.357. The molecular weight excluding hydrogens is 120 g/mol. The van der Waals surface area contributed by atoms with Crippen molar-refractivity contribution in [1.29, 1.82) is 0 Å². The van der Waals surface area contributed by atoms with Gasteiger partial charge in [-0.3, -0.25) is 0 Å². The highest BCUT2D eigenvalue weighted by Gasteiger charge is 2.03. The number of amides is 2. The summed E-state index contributed by atoms with van der Waals surface area (Å²) in [5.41, 5.74) is 4.71. The summed E-state index contributed by atoms with van der Waals surface area (Å²) in [6.07, 6.45) is 0.921. The van der Waals surface area contributed by atoms with Gasteiger partial charge < -0.3 is 15.8 Å². The highest BCUT2D eigenvalue weighted by molar-refractivity contribution is 5.76. The number of carbonyl (C=O) groups is 2. The minimum absolute atomic E-state index is 0.326. The Morgan fingerprint density at radius 2 is 2.44 bits per heavy atom. The van der Waals surface area contributed by atoms with Crippen molar-refractivity contribution >= 4 is 12.3 Å². The van der Waals surface area contributed by atoms with Crippen LogP contribution in [-0.4, -0.2) is 18.4 Å². The molecule has 3 N–H and O–H groups in total. The van der Waals surface area contributed by atoms with E-state index in [0.717, 1.165) is 0 Å². The predicted octanol–water partition coefficient (Wildman–Crippen LogP) is -0.554. The molecule has 0 saturated carbocycles. The lowest BCUT2D eigenvalue weighted by atomic mass is 10.2. The minimum atomic E-state index is -0.698. The Morgan fingerprint density at radius 1 is 1.89 bits per heavy atom. The first-order valence-corrected chi connectivity index (χ1v) is 2.51. The molecule has 51 valence electrons. The number of urea groups is 1. The molecule has 4 nitrogen and oxygen atoms in total.